The van der Waals surface area contributed by atoms with Crippen molar-refractivity contribution in [2.24, 2.45) is 0 Å². The highest BCUT2D eigenvalue weighted by molar-refractivity contribution is 6.30. The van der Waals surface area contributed by atoms with Crippen molar-refractivity contribution in [1.29, 1.82) is 0 Å². The zero-order valence-electron chi connectivity index (χ0n) is 16.6. The average molecular weight is 413 g/mol. The minimum Gasteiger partial charge on any atom is -0.371 e. The molecule has 0 saturated carbocycles. The summed E-state index contributed by atoms with van der Waals surface area (Å²) in [5.74, 6) is 0. The standard InChI is InChI=1S/C25H21ClN4/c26-18-10-8-17(9-11-18)24-20-6-2-3-7-21(20)25-27-22-13-12-19(16-23(22)30(25)28-24)29-14-4-1-5-15-29/h2-3,6-13,16H,1,4-5,14-15H2. The summed E-state index contributed by atoms with van der Waals surface area (Å²) >= 11 is 6.12. The van der Waals surface area contributed by atoms with Crippen LogP contribution in [-0.2, 0) is 0 Å². The predicted octanol–water partition coefficient (Wildman–Crippen LogP) is 6.35. The average Bonchev–Trinajstić information content (AvgIpc) is 3.18. The van der Waals surface area contributed by atoms with E-state index in [0.717, 1.165) is 56.8 Å². The van der Waals surface area contributed by atoms with E-state index in [4.69, 9.17) is 21.7 Å². The van der Waals surface area contributed by atoms with Gasteiger partial charge in [0.15, 0.2) is 5.65 Å². The molecule has 30 heavy (non-hydrogen) atoms. The second-order valence-corrected chi connectivity index (χ2v) is 8.41. The van der Waals surface area contributed by atoms with Crippen LogP contribution in [-0.4, -0.2) is 27.7 Å². The van der Waals surface area contributed by atoms with Crippen LogP contribution in [0.15, 0.2) is 66.7 Å². The number of hydrogen-bond acceptors (Lipinski definition) is 3. The highest BCUT2D eigenvalue weighted by Crippen LogP contribution is 2.32. The van der Waals surface area contributed by atoms with Gasteiger partial charge >= 0.3 is 0 Å². The van der Waals surface area contributed by atoms with Crippen LogP contribution in [0.1, 0.15) is 19.3 Å². The van der Waals surface area contributed by atoms with Gasteiger partial charge in [0, 0.05) is 40.1 Å². The van der Waals surface area contributed by atoms with Crippen molar-refractivity contribution < 1.29 is 0 Å². The lowest BCUT2D eigenvalue weighted by Gasteiger charge is -2.28. The molecule has 5 aromatic rings. The lowest BCUT2D eigenvalue weighted by atomic mass is 10.1. The van der Waals surface area contributed by atoms with Crippen LogP contribution in [0.4, 0.5) is 5.69 Å². The quantitative estimate of drug-likeness (QED) is 0.339. The summed E-state index contributed by atoms with van der Waals surface area (Å²) in [5, 5.41) is 8.00. The molecule has 4 nitrogen and oxygen atoms in total. The van der Waals surface area contributed by atoms with Gasteiger partial charge in [-0.25, -0.2) is 9.50 Å². The van der Waals surface area contributed by atoms with Crippen LogP contribution in [0.25, 0.3) is 38.7 Å². The van der Waals surface area contributed by atoms with E-state index in [0.29, 0.717) is 0 Å². The van der Waals surface area contributed by atoms with E-state index in [1.54, 1.807) is 0 Å². The van der Waals surface area contributed by atoms with E-state index in [1.807, 2.05) is 28.8 Å². The summed E-state index contributed by atoms with van der Waals surface area (Å²) in [6.07, 6.45) is 3.84. The van der Waals surface area contributed by atoms with E-state index in [1.165, 1.54) is 24.9 Å². The Hall–Kier alpha value is -3.11. The van der Waals surface area contributed by atoms with Crippen LogP contribution in [0.2, 0.25) is 5.02 Å². The Bertz CT molecular complexity index is 1380. The molecule has 0 amide bonds. The summed E-state index contributed by atoms with van der Waals surface area (Å²) in [5.41, 5.74) is 6.17. The summed E-state index contributed by atoms with van der Waals surface area (Å²) in [6, 6.07) is 22.8. The van der Waals surface area contributed by atoms with E-state index >= 15 is 0 Å². The van der Waals surface area contributed by atoms with Gasteiger partial charge in [-0.15, -0.1) is 0 Å². The van der Waals surface area contributed by atoms with Gasteiger partial charge in [-0.3, -0.25) is 0 Å². The second kappa shape index (κ2) is 6.99. The Labute approximate surface area is 179 Å². The van der Waals surface area contributed by atoms with Crippen LogP contribution in [0, 0.1) is 0 Å². The number of aromatic nitrogens is 3. The van der Waals surface area contributed by atoms with Crippen molar-refractivity contribution in [3.8, 4) is 11.3 Å². The zero-order valence-corrected chi connectivity index (χ0v) is 17.3. The number of piperidine rings is 1. The van der Waals surface area contributed by atoms with Gasteiger partial charge in [-0.05, 0) is 49.6 Å². The summed E-state index contributed by atoms with van der Waals surface area (Å²) in [7, 11) is 0. The number of fused-ring (bicyclic) bond motifs is 5. The molecule has 2 aromatic heterocycles. The summed E-state index contributed by atoms with van der Waals surface area (Å²) < 4.78 is 2.01. The third-order valence-electron chi connectivity index (χ3n) is 6.08. The van der Waals surface area contributed by atoms with Crippen molar-refractivity contribution in [1.82, 2.24) is 14.6 Å². The third kappa shape index (κ3) is 2.83. The normalized spacial score (nSPS) is 14.8. The fourth-order valence-corrected chi connectivity index (χ4v) is 4.66. The molecule has 1 saturated heterocycles. The van der Waals surface area contributed by atoms with E-state index in [-0.39, 0.29) is 0 Å². The van der Waals surface area contributed by atoms with Gasteiger partial charge in [0.1, 0.15) is 0 Å². The molecule has 148 valence electrons. The van der Waals surface area contributed by atoms with Crippen LogP contribution in [0.3, 0.4) is 0 Å². The summed E-state index contributed by atoms with van der Waals surface area (Å²) in [4.78, 5) is 7.41. The summed E-state index contributed by atoms with van der Waals surface area (Å²) in [6.45, 7) is 2.24. The van der Waals surface area contributed by atoms with Gasteiger partial charge in [-0.2, -0.15) is 5.10 Å². The number of hydrogen-bond donors (Lipinski definition) is 0. The molecule has 3 aromatic carbocycles. The lowest BCUT2D eigenvalue weighted by Crippen LogP contribution is -2.29. The minimum absolute atomic E-state index is 0.725. The Kier molecular flexibility index (Phi) is 4.13. The zero-order chi connectivity index (χ0) is 20.1. The Morgan fingerprint density at radius 3 is 2.37 bits per heavy atom. The molecular weight excluding hydrogens is 392 g/mol. The van der Waals surface area contributed by atoms with Gasteiger partial charge in [0.25, 0.3) is 0 Å². The van der Waals surface area contributed by atoms with E-state index in [9.17, 15) is 0 Å². The van der Waals surface area contributed by atoms with Crippen molar-refractivity contribution in [3.05, 3.63) is 71.8 Å². The number of nitrogens with zero attached hydrogens (tertiary/aromatic N) is 4. The lowest BCUT2D eigenvalue weighted by molar-refractivity contribution is 0.578. The van der Waals surface area contributed by atoms with Crippen molar-refractivity contribution in [2.75, 3.05) is 18.0 Å². The molecule has 0 aliphatic carbocycles. The first-order valence-corrected chi connectivity index (χ1v) is 10.9. The van der Waals surface area contributed by atoms with Gasteiger partial charge in [0.2, 0.25) is 0 Å². The molecule has 6 rings (SSSR count). The molecule has 0 bridgehead atoms. The first kappa shape index (κ1) is 17.7. The van der Waals surface area contributed by atoms with Crippen LogP contribution < -0.4 is 4.90 Å². The molecular formula is C25H21ClN4. The smallest absolute Gasteiger partial charge is 0.162 e. The van der Waals surface area contributed by atoms with Gasteiger partial charge in [0.05, 0.1) is 16.7 Å². The molecule has 0 radical (unpaired) electrons. The van der Waals surface area contributed by atoms with Gasteiger partial charge in [-0.1, -0.05) is 48.0 Å². The molecule has 0 atom stereocenters. The Morgan fingerprint density at radius 2 is 1.57 bits per heavy atom. The van der Waals surface area contributed by atoms with Gasteiger partial charge < -0.3 is 4.90 Å². The monoisotopic (exact) mass is 412 g/mol. The fourth-order valence-electron chi connectivity index (χ4n) is 4.54. The Morgan fingerprint density at radius 1 is 0.800 bits per heavy atom. The molecule has 1 fully saturated rings. The number of halogens is 1. The largest absolute Gasteiger partial charge is 0.371 e. The first-order chi connectivity index (χ1) is 14.8. The second-order valence-electron chi connectivity index (χ2n) is 7.97. The predicted molar refractivity (Wildman–Crippen MR) is 125 cm³/mol. The molecule has 0 spiro atoms. The molecule has 0 N–H and O–H groups in total. The molecule has 1 aliphatic rings. The molecule has 1 aliphatic heterocycles. The third-order valence-corrected chi connectivity index (χ3v) is 6.33. The van der Waals surface area contributed by atoms with Crippen LogP contribution in [0.5, 0.6) is 0 Å². The molecule has 0 unspecified atom stereocenters. The van der Waals surface area contributed by atoms with Crippen LogP contribution >= 0.6 is 11.6 Å². The highest BCUT2D eigenvalue weighted by atomic mass is 35.5. The molecule has 5 heteroatoms. The molecule has 3 heterocycles. The van der Waals surface area contributed by atoms with Crippen molar-refractivity contribution in [2.45, 2.75) is 19.3 Å². The topological polar surface area (TPSA) is 33.4 Å². The number of benzene rings is 3. The fraction of sp³-hybridized carbons (Fsp3) is 0.200. The SMILES string of the molecule is Clc1ccc(-c2nn3c4cc(N5CCCCC5)ccc4nc3c3ccccc23)cc1. The Balaban J connectivity index is 1.63. The maximum absolute atomic E-state index is 6.12. The van der Waals surface area contributed by atoms with E-state index < -0.39 is 0 Å². The number of anilines is 1. The minimum atomic E-state index is 0.725. The first-order valence-electron chi connectivity index (χ1n) is 10.5. The number of rotatable bonds is 2. The van der Waals surface area contributed by atoms with E-state index in [2.05, 4.69) is 47.4 Å². The highest BCUT2D eigenvalue weighted by Gasteiger charge is 2.17. The van der Waals surface area contributed by atoms with Crippen molar-refractivity contribution >= 4 is 44.7 Å². The maximum atomic E-state index is 6.12. The number of imidazole rings is 1. The van der Waals surface area contributed by atoms with Crippen molar-refractivity contribution in [3.63, 3.8) is 0 Å². The maximum Gasteiger partial charge on any atom is 0.162 e.